The number of nitrogens with one attached hydrogen (secondary N) is 1. The molecule has 1 aromatic rings. The van der Waals surface area contributed by atoms with Crippen molar-refractivity contribution in [3.63, 3.8) is 0 Å². The molecule has 4 nitrogen and oxygen atoms in total. The lowest BCUT2D eigenvalue weighted by Gasteiger charge is -2.27. The predicted octanol–water partition coefficient (Wildman–Crippen LogP) is 3.22. The molecule has 0 aromatic heterocycles. The lowest BCUT2D eigenvalue weighted by molar-refractivity contribution is -0.129. The van der Waals surface area contributed by atoms with Crippen molar-refractivity contribution in [1.29, 1.82) is 0 Å². The maximum absolute atomic E-state index is 12.7. The first-order chi connectivity index (χ1) is 11.7. The summed E-state index contributed by atoms with van der Waals surface area (Å²) in [6.07, 6.45) is 6.87. The Morgan fingerprint density at radius 2 is 2.12 bits per heavy atom. The first-order valence-corrected chi connectivity index (χ1v) is 9.35. The van der Waals surface area contributed by atoms with E-state index in [9.17, 15) is 9.59 Å². The van der Waals surface area contributed by atoms with Crippen LogP contribution in [0.25, 0.3) is 0 Å². The van der Waals surface area contributed by atoms with Crippen LogP contribution in [0.5, 0.6) is 0 Å². The van der Waals surface area contributed by atoms with Crippen LogP contribution in [0.2, 0.25) is 0 Å². The highest BCUT2D eigenvalue weighted by atomic mass is 16.2. The molecule has 1 N–H and O–H groups in total. The van der Waals surface area contributed by atoms with E-state index in [-0.39, 0.29) is 23.8 Å². The summed E-state index contributed by atoms with van der Waals surface area (Å²) in [5.41, 5.74) is 2.60. The van der Waals surface area contributed by atoms with Crippen molar-refractivity contribution in [3.05, 3.63) is 35.4 Å². The molecule has 1 fully saturated rings. The van der Waals surface area contributed by atoms with E-state index < -0.39 is 0 Å². The Labute approximate surface area is 144 Å². The molecule has 0 spiro atoms. The fourth-order valence-corrected chi connectivity index (χ4v) is 3.91. The van der Waals surface area contributed by atoms with Crippen molar-refractivity contribution >= 4 is 11.8 Å². The van der Waals surface area contributed by atoms with Gasteiger partial charge in [0.2, 0.25) is 11.8 Å². The highest BCUT2D eigenvalue weighted by Crippen LogP contribution is 2.30. The Bertz CT molecular complexity index is 599. The number of rotatable bonds is 6. The number of carbonyl (C=O) groups excluding carboxylic acids is 2. The summed E-state index contributed by atoms with van der Waals surface area (Å²) < 4.78 is 0. The third kappa shape index (κ3) is 3.80. The zero-order valence-electron chi connectivity index (χ0n) is 14.6. The van der Waals surface area contributed by atoms with Crippen molar-refractivity contribution < 1.29 is 9.59 Å². The summed E-state index contributed by atoms with van der Waals surface area (Å²) in [7, 11) is 0. The van der Waals surface area contributed by atoms with Crippen LogP contribution < -0.4 is 5.32 Å². The Morgan fingerprint density at radius 1 is 1.29 bits per heavy atom. The van der Waals surface area contributed by atoms with E-state index in [4.69, 9.17) is 0 Å². The molecule has 130 valence electrons. The number of benzene rings is 1. The quantitative estimate of drug-likeness (QED) is 0.815. The molecule has 1 saturated heterocycles. The molecule has 3 rings (SSSR count). The average molecular weight is 328 g/mol. The zero-order valence-corrected chi connectivity index (χ0v) is 14.6. The average Bonchev–Trinajstić information content (AvgIpc) is 2.97. The third-order valence-corrected chi connectivity index (χ3v) is 5.30. The molecule has 4 heteroatoms. The number of hydrogen-bond donors (Lipinski definition) is 1. The molecule has 1 aliphatic carbocycles. The second-order valence-corrected chi connectivity index (χ2v) is 7.10. The maximum atomic E-state index is 12.7. The smallest absolute Gasteiger partial charge is 0.225 e. The van der Waals surface area contributed by atoms with Gasteiger partial charge in [-0.05, 0) is 36.8 Å². The van der Waals surface area contributed by atoms with Crippen molar-refractivity contribution in [2.24, 2.45) is 5.92 Å². The van der Waals surface area contributed by atoms with Crippen LogP contribution >= 0.6 is 0 Å². The van der Waals surface area contributed by atoms with Gasteiger partial charge in [-0.3, -0.25) is 9.59 Å². The normalized spacial score (nSPS) is 23.2. The lowest BCUT2D eigenvalue weighted by Crippen LogP contribution is -2.37. The second-order valence-electron chi connectivity index (χ2n) is 7.10. The molecule has 24 heavy (non-hydrogen) atoms. The lowest BCUT2D eigenvalue weighted by atomic mass is 9.87. The van der Waals surface area contributed by atoms with E-state index in [2.05, 4.69) is 30.4 Å². The van der Waals surface area contributed by atoms with E-state index in [0.29, 0.717) is 13.0 Å². The maximum Gasteiger partial charge on any atom is 0.225 e. The Balaban J connectivity index is 1.57. The number of aryl methyl sites for hydroxylation is 1. The first kappa shape index (κ1) is 17.0. The fourth-order valence-electron chi connectivity index (χ4n) is 3.91. The fraction of sp³-hybridized carbons (Fsp3) is 0.600. The van der Waals surface area contributed by atoms with Crippen LogP contribution in [0.4, 0.5) is 0 Å². The molecule has 2 amide bonds. The number of amides is 2. The molecule has 0 saturated carbocycles. The minimum absolute atomic E-state index is 0.0445. The van der Waals surface area contributed by atoms with E-state index >= 15 is 0 Å². The Hall–Kier alpha value is -1.84. The van der Waals surface area contributed by atoms with Crippen LogP contribution in [0.15, 0.2) is 24.3 Å². The highest BCUT2D eigenvalue weighted by molar-refractivity contribution is 5.89. The van der Waals surface area contributed by atoms with Crippen molar-refractivity contribution in [3.8, 4) is 0 Å². The highest BCUT2D eigenvalue weighted by Gasteiger charge is 2.35. The molecule has 1 aromatic carbocycles. The van der Waals surface area contributed by atoms with E-state index in [0.717, 1.165) is 45.1 Å². The van der Waals surface area contributed by atoms with Gasteiger partial charge in [0.1, 0.15) is 0 Å². The molecular formula is C20H28N2O2. The second kappa shape index (κ2) is 7.82. The first-order valence-electron chi connectivity index (χ1n) is 9.35. The van der Waals surface area contributed by atoms with Gasteiger partial charge in [-0.25, -0.2) is 0 Å². The number of likely N-dealkylation sites (tertiary alicyclic amines) is 1. The summed E-state index contributed by atoms with van der Waals surface area (Å²) in [6, 6.07) is 8.48. The SMILES string of the molecule is CCCCCN1CC(C(=O)NC2CCCc3ccccc32)CC1=O. The van der Waals surface area contributed by atoms with Crippen LogP contribution in [-0.4, -0.2) is 29.8 Å². The third-order valence-electron chi connectivity index (χ3n) is 5.30. The minimum Gasteiger partial charge on any atom is -0.349 e. The summed E-state index contributed by atoms with van der Waals surface area (Å²) in [6.45, 7) is 3.54. The van der Waals surface area contributed by atoms with Crippen LogP contribution in [0, 0.1) is 5.92 Å². The van der Waals surface area contributed by atoms with Gasteiger partial charge < -0.3 is 10.2 Å². The van der Waals surface area contributed by atoms with Gasteiger partial charge >= 0.3 is 0 Å². The van der Waals surface area contributed by atoms with Crippen molar-refractivity contribution in [2.75, 3.05) is 13.1 Å². The molecule has 0 radical (unpaired) electrons. The molecule has 1 aliphatic heterocycles. The van der Waals surface area contributed by atoms with Gasteiger partial charge in [0.25, 0.3) is 0 Å². The summed E-state index contributed by atoms with van der Waals surface area (Å²) in [5.74, 6) is -0.00782. The Morgan fingerprint density at radius 3 is 2.96 bits per heavy atom. The summed E-state index contributed by atoms with van der Waals surface area (Å²) in [4.78, 5) is 26.6. The van der Waals surface area contributed by atoms with Gasteiger partial charge in [0, 0.05) is 19.5 Å². The number of unbranched alkanes of at least 4 members (excludes halogenated alkanes) is 2. The largest absolute Gasteiger partial charge is 0.349 e. The molecule has 2 atom stereocenters. The minimum atomic E-state index is -0.187. The number of fused-ring (bicyclic) bond motifs is 1. The number of hydrogen-bond acceptors (Lipinski definition) is 2. The zero-order chi connectivity index (χ0) is 16.9. The predicted molar refractivity (Wildman–Crippen MR) is 94.5 cm³/mol. The summed E-state index contributed by atoms with van der Waals surface area (Å²) >= 11 is 0. The van der Waals surface area contributed by atoms with Crippen LogP contribution in [0.1, 0.15) is 62.6 Å². The topological polar surface area (TPSA) is 49.4 Å². The van der Waals surface area contributed by atoms with Crippen molar-refractivity contribution in [1.82, 2.24) is 10.2 Å². The van der Waals surface area contributed by atoms with Crippen molar-refractivity contribution in [2.45, 2.75) is 57.9 Å². The van der Waals surface area contributed by atoms with Gasteiger partial charge in [0.15, 0.2) is 0 Å². The van der Waals surface area contributed by atoms with Crippen LogP contribution in [0.3, 0.4) is 0 Å². The summed E-state index contributed by atoms with van der Waals surface area (Å²) in [5, 5.41) is 3.21. The molecule has 1 heterocycles. The molecule has 2 aliphatic rings. The van der Waals surface area contributed by atoms with Crippen LogP contribution in [-0.2, 0) is 16.0 Å². The standard InChI is InChI=1S/C20H28N2O2/c1-2-3-6-12-22-14-16(13-19(22)23)20(24)21-18-11-7-9-15-8-4-5-10-17(15)18/h4-5,8,10,16,18H,2-3,6-7,9,11-14H2,1H3,(H,21,24). The Kier molecular flexibility index (Phi) is 5.54. The van der Waals surface area contributed by atoms with E-state index in [1.807, 2.05) is 11.0 Å². The van der Waals surface area contributed by atoms with E-state index in [1.165, 1.54) is 11.1 Å². The van der Waals surface area contributed by atoms with Gasteiger partial charge in [-0.15, -0.1) is 0 Å². The molecule has 2 unspecified atom stereocenters. The van der Waals surface area contributed by atoms with Gasteiger partial charge in [-0.2, -0.15) is 0 Å². The molecular weight excluding hydrogens is 300 g/mol. The van der Waals surface area contributed by atoms with Gasteiger partial charge in [0.05, 0.1) is 12.0 Å². The molecule has 0 bridgehead atoms. The van der Waals surface area contributed by atoms with E-state index in [1.54, 1.807) is 0 Å². The number of carbonyl (C=O) groups is 2. The monoisotopic (exact) mass is 328 g/mol. The van der Waals surface area contributed by atoms with Gasteiger partial charge in [-0.1, -0.05) is 44.0 Å². The number of nitrogens with zero attached hydrogens (tertiary/aromatic N) is 1.